The van der Waals surface area contributed by atoms with E-state index in [1.165, 1.54) is 6.54 Å². The van der Waals surface area contributed by atoms with E-state index in [0.717, 1.165) is 5.92 Å². The molecule has 0 aromatic rings. The van der Waals surface area contributed by atoms with E-state index in [-0.39, 0.29) is 0 Å². The van der Waals surface area contributed by atoms with Crippen molar-refractivity contribution in [3.63, 3.8) is 0 Å². The number of rotatable bonds is 3. The van der Waals surface area contributed by atoms with Crippen molar-refractivity contribution < 1.29 is 0 Å². The van der Waals surface area contributed by atoms with Gasteiger partial charge in [-0.25, -0.2) is 0 Å². The van der Waals surface area contributed by atoms with Crippen molar-refractivity contribution in [2.24, 2.45) is 5.92 Å². The van der Waals surface area contributed by atoms with Gasteiger partial charge >= 0.3 is 0 Å². The van der Waals surface area contributed by atoms with E-state index in [1.807, 2.05) is 13.8 Å². The molecule has 0 atom stereocenters. The Morgan fingerprint density at radius 1 is 1.00 bits per heavy atom. The molecule has 0 fully saturated rings. The Hall–Kier alpha value is -0.0400. The van der Waals surface area contributed by atoms with Crippen molar-refractivity contribution in [1.82, 2.24) is 4.90 Å². The maximum Gasteiger partial charge on any atom is 0.00356 e. The van der Waals surface area contributed by atoms with Gasteiger partial charge in [0.25, 0.3) is 0 Å². The van der Waals surface area contributed by atoms with Gasteiger partial charge in [-0.05, 0) is 26.8 Å². The average molecular weight is 159 g/mol. The van der Waals surface area contributed by atoms with Crippen molar-refractivity contribution in [3.8, 4) is 0 Å². The summed E-state index contributed by atoms with van der Waals surface area (Å²) in [7, 11) is 2.17. The van der Waals surface area contributed by atoms with Crippen molar-refractivity contribution in [2.45, 2.75) is 47.6 Å². The topological polar surface area (TPSA) is 3.24 Å². The van der Waals surface area contributed by atoms with Gasteiger partial charge in [0.1, 0.15) is 0 Å². The standard InChI is InChI=1S/C8H19N.C2H6/c1-7(2)6-9(5)8(3)4;1-2/h7-8H,6H2,1-5H3;1-2H3. The lowest BCUT2D eigenvalue weighted by atomic mass is 10.2. The molecule has 0 bridgehead atoms. The fourth-order valence-corrected chi connectivity index (χ4v) is 0.787. The molecule has 0 spiro atoms. The Balaban J connectivity index is 0. The molecule has 0 aromatic carbocycles. The fourth-order valence-electron chi connectivity index (χ4n) is 0.787. The van der Waals surface area contributed by atoms with Crippen molar-refractivity contribution in [3.05, 3.63) is 0 Å². The minimum atomic E-state index is 0.687. The zero-order valence-electron chi connectivity index (χ0n) is 9.31. The number of hydrogen-bond acceptors (Lipinski definition) is 1. The lowest BCUT2D eigenvalue weighted by Gasteiger charge is -2.22. The Labute approximate surface area is 72.8 Å². The van der Waals surface area contributed by atoms with Crippen LogP contribution < -0.4 is 0 Å². The van der Waals surface area contributed by atoms with Crippen LogP contribution in [-0.2, 0) is 0 Å². The summed E-state index contributed by atoms with van der Waals surface area (Å²) in [6.45, 7) is 14.2. The number of nitrogens with zero attached hydrogens (tertiary/aromatic N) is 1. The molecule has 0 amide bonds. The molecule has 0 aliphatic carbocycles. The molecule has 11 heavy (non-hydrogen) atoms. The quantitative estimate of drug-likeness (QED) is 0.612. The van der Waals surface area contributed by atoms with E-state index < -0.39 is 0 Å². The van der Waals surface area contributed by atoms with E-state index in [9.17, 15) is 0 Å². The highest BCUT2D eigenvalue weighted by Gasteiger charge is 2.03. The predicted molar refractivity (Wildman–Crippen MR) is 54.0 cm³/mol. The van der Waals surface area contributed by atoms with E-state index >= 15 is 0 Å². The third-order valence-electron chi connectivity index (χ3n) is 1.53. The first-order valence-electron chi connectivity index (χ1n) is 4.74. The second-order valence-corrected chi connectivity index (χ2v) is 3.43. The van der Waals surface area contributed by atoms with Crippen LogP contribution in [0.1, 0.15) is 41.5 Å². The Morgan fingerprint density at radius 3 is 1.45 bits per heavy atom. The van der Waals surface area contributed by atoms with Gasteiger partial charge in [0.15, 0.2) is 0 Å². The van der Waals surface area contributed by atoms with Crippen LogP contribution in [0.4, 0.5) is 0 Å². The molecule has 1 heteroatoms. The summed E-state index contributed by atoms with van der Waals surface area (Å²) in [4.78, 5) is 2.37. The first-order chi connectivity index (χ1) is 5.04. The first-order valence-corrected chi connectivity index (χ1v) is 4.74. The van der Waals surface area contributed by atoms with Gasteiger partial charge in [0, 0.05) is 12.6 Å². The van der Waals surface area contributed by atoms with E-state index in [1.54, 1.807) is 0 Å². The van der Waals surface area contributed by atoms with Crippen LogP contribution in [0.2, 0.25) is 0 Å². The van der Waals surface area contributed by atoms with Crippen LogP contribution in [0.15, 0.2) is 0 Å². The van der Waals surface area contributed by atoms with E-state index in [2.05, 4.69) is 39.6 Å². The van der Waals surface area contributed by atoms with Gasteiger partial charge in [-0.3, -0.25) is 0 Å². The molecule has 0 saturated heterocycles. The second-order valence-electron chi connectivity index (χ2n) is 3.43. The second kappa shape index (κ2) is 8.06. The largest absolute Gasteiger partial charge is 0.304 e. The summed E-state index contributed by atoms with van der Waals surface area (Å²) in [6, 6.07) is 0.687. The Morgan fingerprint density at radius 2 is 1.36 bits per heavy atom. The lowest BCUT2D eigenvalue weighted by Crippen LogP contribution is -2.29. The molecule has 0 radical (unpaired) electrons. The van der Waals surface area contributed by atoms with Gasteiger partial charge < -0.3 is 4.90 Å². The van der Waals surface area contributed by atoms with Crippen molar-refractivity contribution in [1.29, 1.82) is 0 Å². The monoisotopic (exact) mass is 159 g/mol. The summed E-state index contributed by atoms with van der Waals surface area (Å²) >= 11 is 0. The van der Waals surface area contributed by atoms with Crippen LogP contribution in [-0.4, -0.2) is 24.5 Å². The number of hydrogen-bond donors (Lipinski definition) is 0. The maximum absolute atomic E-state index is 2.37. The predicted octanol–water partition coefficient (Wildman–Crippen LogP) is 3.01. The highest BCUT2D eigenvalue weighted by atomic mass is 15.1. The van der Waals surface area contributed by atoms with Gasteiger partial charge in [-0.15, -0.1) is 0 Å². The average Bonchev–Trinajstić information content (AvgIpc) is 1.90. The molecule has 0 N–H and O–H groups in total. The van der Waals surface area contributed by atoms with Gasteiger partial charge in [0.2, 0.25) is 0 Å². The summed E-state index contributed by atoms with van der Waals surface area (Å²) in [6.07, 6.45) is 0. The van der Waals surface area contributed by atoms with Crippen LogP contribution in [0.3, 0.4) is 0 Å². The highest BCUT2D eigenvalue weighted by molar-refractivity contribution is 4.58. The minimum absolute atomic E-state index is 0.687. The molecule has 0 unspecified atom stereocenters. The first kappa shape index (κ1) is 13.5. The SMILES string of the molecule is CC.CC(C)CN(C)C(C)C. The molecule has 1 nitrogen and oxygen atoms in total. The third kappa shape index (κ3) is 9.96. The van der Waals surface area contributed by atoms with E-state index in [0.29, 0.717) is 6.04 Å². The molecule has 0 heterocycles. The highest BCUT2D eigenvalue weighted by Crippen LogP contribution is 1.99. The molecule has 0 rings (SSSR count). The zero-order chi connectivity index (χ0) is 9.44. The molecular formula is C10H25N. The minimum Gasteiger partial charge on any atom is -0.304 e. The van der Waals surface area contributed by atoms with Crippen LogP contribution >= 0.6 is 0 Å². The normalized spacial score (nSPS) is 10.4. The Kier molecular flexibility index (Phi) is 9.92. The van der Waals surface area contributed by atoms with Crippen LogP contribution in [0.25, 0.3) is 0 Å². The summed E-state index contributed by atoms with van der Waals surface area (Å²) in [5, 5.41) is 0. The lowest BCUT2D eigenvalue weighted by molar-refractivity contribution is 0.244. The van der Waals surface area contributed by atoms with Crippen LogP contribution in [0.5, 0.6) is 0 Å². The van der Waals surface area contributed by atoms with E-state index in [4.69, 9.17) is 0 Å². The smallest absolute Gasteiger partial charge is 0.00356 e. The summed E-state index contributed by atoms with van der Waals surface area (Å²) in [5.41, 5.74) is 0. The summed E-state index contributed by atoms with van der Waals surface area (Å²) in [5.74, 6) is 0.789. The van der Waals surface area contributed by atoms with Crippen molar-refractivity contribution >= 4 is 0 Å². The van der Waals surface area contributed by atoms with Gasteiger partial charge in [-0.2, -0.15) is 0 Å². The Bertz CT molecular complexity index is 67.3. The summed E-state index contributed by atoms with van der Waals surface area (Å²) < 4.78 is 0. The molecule has 0 aromatic heterocycles. The molecule has 0 aliphatic rings. The van der Waals surface area contributed by atoms with Crippen LogP contribution in [0, 0.1) is 5.92 Å². The van der Waals surface area contributed by atoms with Gasteiger partial charge in [-0.1, -0.05) is 27.7 Å². The van der Waals surface area contributed by atoms with Crippen molar-refractivity contribution in [2.75, 3.05) is 13.6 Å². The van der Waals surface area contributed by atoms with Gasteiger partial charge in [0.05, 0.1) is 0 Å². The maximum atomic E-state index is 2.37. The molecule has 0 aliphatic heterocycles. The molecular weight excluding hydrogens is 134 g/mol. The molecule has 70 valence electrons. The fraction of sp³-hybridized carbons (Fsp3) is 1.00. The molecule has 0 saturated carbocycles. The zero-order valence-corrected chi connectivity index (χ0v) is 9.31. The third-order valence-corrected chi connectivity index (χ3v) is 1.53.